The number of fused-ring (bicyclic) bond motifs is 6. The molecule has 0 saturated heterocycles. The van der Waals surface area contributed by atoms with Gasteiger partial charge in [0.25, 0.3) is 0 Å². The van der Waals surface area contributed by atoms with Gasteiger partial charge in [0.2, 0.25) is 0 Å². The van der Waals surface area contributed by atoms with Gasteiger partial charge < -0.3 is 4.57 Å². The molecule has 13 rings (SSSR count). The minimum Gasteiger partial charge on any atom is -0.309 e. The number of pyridine rings is 1. The second-order valence-electron chi connectivity index (χ2n) is 17.2. The summed E-state index contributed by atoms with van der Waals surface area (Å²) >= 11 is 0. The van der Waals surface area contributed by atoms with E-state index in [1.165, 1.54) is 21.8 Å². The quantitative estimate of drug-likeness (QED) is 0.153. The molecule has 0 bridgehead atoms. The molecule has 0 amide bonds. The molecule has 68 heavy (non-hydrogen) atoms. The minimum atomic E-state index is 0.670. The molecule has 318 valence electrons. The second kappa shape index (κ2) is 16.4. The van der Waals surface area contributed by atoms with Crippen LogP contribution in [-0.4, -0.2) is 24.1 Å². The van der Waals surface area contributed by atoms with Crippen LogP contribution in [0.4, 0.5) is 0 Å². The molecule has 4 heterocycles. The Morgan fingerprint density at radius 2 is 0.824 bits per heavy atom. The minimum absolute atomic E-state index is 0.670. The van der Waals surface area contributed by atoms with Crippen molar-refractivity contribution in [3.63, 3.8) is 0 Å². The zero-order valence-corrected chi connectivity index (χ0v) is 36.9. The van der Waals surface area contributed by atoms with Gasteiger partial charge >= 0.3 is 0 Å². The smallest absolute Gasteiger partial charge is 0.160 e. The molecular formula is C63H41N5. The fourth-order valence-electron chi connectivity index (χ4n) is 9.92. The van der Waals surface area contributed by atoms with E-state index in [1.54, 1.807) is 0 Å². The first-order valence-corrected chi connectivity index (χ1v) is 23.0. The summed E-state index contributed by atoms with van der Waals surface area (Å²) in [6, 6.07) is 88.0. The Hall–Kier alpha value is -9.19. The second-order valence-corrected chi connectivity index (χ2v) is 17.2. The van der Waals surface area contributed by atoms with E-state index in [0.717, 1.165) is 94.8 Å². The van der Waals surface area contributed by atoms with E-state index in [-0.39, 0.29) is 0 Å². The highest BCUT2D eigenvalue weighted by atomic mass is 15.2. The maximum Gasteiger partial charge on any atom is 0.160 e. The van der Waals surface area contributed by atoms with Crippen molar-refractivity contribution >= 4 is 38.1 Å². The van der Waals surface area contributed by atoms with E-state index in [0.29, 0.717) is 5.82 Å². The summed E-state index contributed by atoms with van der Waals surface area (Å²) in [5.74, 6) is 0.670. The Morgan fingerprint density at radius 1 is 0.324 bits per heavy atom. The van der Waals surface area contributed by atoms with E-state index < -0.39 is 0 Å². The molecule has 0 aliphatic heterocycles. The summed E-state index contributed by atoms with van der Waals surface area (Å²) in [7, 11) is 0. The zero-order chi connectivity index (χ0) is 45.0. The third-order valence-electron chi connectivity index (χ3n) is 13.1. The van der Waals surface area contributed by atoms with E-state index in [4.69, 9.17) is 15.1 Å². The van der Waals surface area contributed by atoms with E-state index in [9.17, 15) is 0 Å². The van der Waals surface area contributed by atoms with Crippen LogP contribution in [0.1, 0.15) is 0 Å². The number of rotatable bonds is 8. The SMILES string of the molecule is c1ccc(-c2cc(-c3ccc(-n4c5ccccc5c5ccccc54)cc3)nc(-c3cccc(-c4ccc5c(c4)cc(-c4ccccc4)n4nc(-c6ccccc6)c(-c6ccccc6)c54)c3)n2)cc1. The average Bonchev–Trinajstić information content (AvgIpc) is 3.99. The lowest BCUT2D eigenvalue weighted by molar-refractivity contribution is 0.979. The van der Waals surface area contributed by atoms with Gasteiger partial charge in [0.05, 0.1) is 33.6 Å². The summed E-state index contributed by atoms with van der Waals surface area (Å²) in [6.45, 7) is 0. The molecule has 0 saturated carbocycles. The molecule has 9 aromatic carbocycles. The van der Waals surface area contributed by atoms with Crippen LogP contribution in [0.25, 0.3) is 122 Å². The van der Waals surface area contributed by atoms with Crippen LogP contribution >= 0.6 is 0 Å². The molecule has 4 aromatic heterocycles. The lowest BCUT2D eigenvalue weighted by atomic mass is 9.95. The lowest BCUT2D eigenvalue weighted by Gasteiger charge is -2.13. The van der Waals surface area contributed by atoms with Gasteiger partial charge in [0.1, 0.15) is 5.69 Å². The van der Waals surface area contributed by atoms with Gasteiger partial charge in [-0.1, -0.05) is 200 Å². The van der Waals surface area contributed by atoms with Gasteiger partial charge in [-0.3, -0.25) is 0 Å². The van der Waals surface area contributed by atoms with Gasteiger partial charge in [-0.05, 0) is 70.6 Å². The molecular weight excluding hydrogens is 827 g/mol. The van der Waals surface area contributed by atoms with Crippen LogP contribution in [0.15, 0.2) is 249 Å². The summed E-state index contributed by atoms with van der Waals surface area (Å²) in [5.41, 5.74) is 17.9. The first kappa shape index (κ1) is 39.2. The van der Waals surface area contributed by atoms with Crippen molar-refractivity contribution in [2.24, 2.45) is 0 Å². The molecule has 5 nitrogen and oxygen atoms in total. The Labute approximate surface area is 393 Å². The van der Waals surface area contributed by atoms with Gasteiger partial charge in [0, 0.05) is 55.2 Å². The Bertz CT molecular complexity index is 3930. The van der Waals surface area contributed by atoms with E-state index in [1.807, 2.05) is 6.07 Å². The molecule has 0 N–H and O–H groups in total. The van der Waals surface area contributed by atoms with E-state index in [2.05, 4.69) is 252 Å². The molecule has 0 fully saturated rings. The summed E-state index contributed by atoms with van der Waals surface area (Å²) in [4.78, 5) is 10.5. The van der Waals surface area contributed by atoms with Crippen LogP contribution in [0.3, 0.4) is 0 Å². The van der Waals surface area contributed by atoms with Crippen molar-refractivity contribution in [2.75, 3.05) is 0 Å². The predicted molar refractivity (Wildman–Crippen MR) is 281 cm³/mol. The van der Waals surface area contributed by atoms with Crippen LogP contribution < -0.4 is 0 Å². The molecule has 0 radical (unpaired) electrons. The first-order valence-electron chi connectivity index (χ1n) is 23.0. The highest BCUT2D eigenvalue weighted by molar-refractivity contribution is 6.10. The average molecular weight is 868 g/mol. The normalized spacial score (nSPS) is 11.5. The Balaban J connectivity index is 0.940. The number of para-hydroxylation sites is 2. The van der Waals surface area contributed by atoms with Gasteiger partial charge in [-0.2, -0.15) is 5.10 Å². The van der Waals surface area contributed by atoms with Crippen LogP contribution in [-0.2, 0) is 0 Å². The molecule has 5 heteroatoms. The topological polar surface area (TPSA) is 48.0 Å². The predicted octanol–water partition coefficient (Wildman–Crippen LogP) is 16.0. The van der Waals surface area contributed by atoms with Crippen molar-refractivity contribution in [3.05, 3.63) is 249 Å². The van der Waals surface area contributed by atoms with Crippen molar-refractivity contribution in [2.45, 2.75) is 0 Å². The Morgan fingerprint density at radius 3 is 1.47 bits per heavy atom. The highest BCUT2D eigenvalue weighted by Gasteiger charge is 2.22. The maximum atomic E-state index is 5.41. The molecule has 0 aliphatic rings. The largest absolute Gasteiger partial charge is 0.309 e. The monoisotopic (exact) mass is 867 g/mol. The van der Waals surface area contributed by atoms with Gasteiger partial charge in [-0.25, -0.2) is 14.5 Å². The number of nitrogens with zero attached hydrogens (tertiary/aromatic N) is 5. The van der Waals surface area contributed by atoms with Crippen molar-refractivity contribution < 1.29 is 0 Å². The third kappa shape index (κ3) is 6.76. The van der Waals surface area contributed by atoms with Gasteiger partial charge in [-0.15, -0.1) is 0 Å². The van der Waals surface area contributed by atoms with Crippen LogP contribution in [0.2, 0.25) is 0 Å². The fraction of sp³-hybridized carbons (Fsp3) is 0. The molecule has 0 spiro atoms. The summed E-state index contributed by atoms with van der Waals surface area (Å²) in [5, 5.41) is 10.2. The van der Waals surface area contributed by atoms with E-state index >= 15 is 0 Å². The highest BCUT2D eigenvalue weighted by Crippen LogP contribution is 2.42. The number of aromatic nitrogens is 5. The third-order valence-corrected chi connectivity index (χ3v) is 13.1. The zero-order valence-electron chi connectivity index (χ0n) is 36.9. The van der Waals surface area contributed by atoms with Crippen LogP contribution in [0, 0.1) is 0 Å². The van der Waals surface area contributed by atoms with Crippen molar-refractivity contribution in [3.8, 4) is 84.4 Å². The number of hydrogen-bond acceptors (Lipinski definition) is 3. The molecule has 0 unspecified atom stereocenters. The summed E-state index contributed by atoms with van der Waals surface area (Å²) < 4.78 is 4.49. The maximum absolute atomic E-state index is 5.41. The molecule has 0 aliphatic carbocycles. The lowest BCUT2D eigenvalue weighted by Crippen LogP contribution is -1.97. The Kier molecular flexibility index (Phi) is 9.43. The number of benzene rings is 9. The van der Waals surface area contributed by atoms with Crippen molar-refractivity contribution in [1.29, 1.82) is 0 Å². The summed E-state index contributed by atoms with van der Waals surface area (Å²) in [6.07, 6.45) is 0. The molecule has 0 atom stereocenters. The van der Waals surface area contributed by atoms with Crippen molar-refractivity contribution in [1.82, 2.24) is 24.1 Å². The van der Waals surface area contributed by atoms with Crippen LogP contribution in [0.5, 0.6) is 0 Å². The van der Waals surface area contributed by atoms with Gasteiger partial charge in [0.15, 0.2) is 5.82 Å². The standard InChI is InChI=1S/C63H41N5/c1-5-18-42(19-6-1)55-41-56(43-32-35-51(36-33-43)67-57-30-15-13-28-53(57)54-29-14-16-31-58(54)67)65-63(64-55)49-27-17-26-47(38-49)48-34-37-52-50(39-48)40-59(44-20-7-2-8-21-44)68-62(52)60(45-22-9-3-10-23-45)61(66-68)46-24-11-4-12-25-46/h1-41H. The molecule has 13 aromatic rings. The fourth-order valence-corrected chi connectivity index (χ4v) is 9.92. The number of hydrogen-bond donors (Lipinski definition) is 0. The first-order chi connectivity index (χ1) is 33.7.